The molecule has 30 heavy (non-hydrogen) atoms. The Bertz CT molecular complexity index is 741. The number of nitrogens with one attached hydrogen (secondary N) is 1. The maximum Gasteiger partial charge on any atom is 0.245 e. The second-order valence-corrected chi connectivity index (χ2v) is 10.3. The minimum Gasteiger partial charge on any atom is -0.412 e. The third-order valence-electron chi connectivity index (χ3n) is 6.58. The molecule has 2 atom stereocenters. The predicted octanol–water partition coefficient (Wildman–Crippen LogP) is 4.43. The molecule has 0 aromatic heterocycles. The summed E-state index contributed by atoms with van der Waals surface area (Å²) in [6.45, 7) is 11.8. The molecule has 1 aromatic carbocycles. The van der Waals surface area contributed by atoms with Gasteiger partial charge in [0.2, 0.25) is 11.8 Å². The summed E-state index contributed by atoms with van der Waals surface area (Å²) >= 11 is 6.04. The van der Waals surface area contributed by atoms with Crippen LogP contribution in [-0.4, -0.2) is 41.3 Å². The molecule has 2 aliphatic rings. The number of likely N-dealkylation sites (tertiary alicyclic amines) is 1. The van der Waals surface area contributed by atoms with Crippen molar-refractivity contribution in [3.63, 3.8) is 0 Å². The van der Waals surface area contributed by atoms with Gasteiger partial charge in [0.15, 0.2) is 0 Å². The van der Waals surface area contributed by atoms with Gasteiger partial charge in [-0.3, -0.25) is 9.59 Å². The summed E-state index contributed by atoms with van der Waals surface area (Å²) in [4.78, 5) is 27.8. The monoisotopic (exact) mass is 438 g/mol. The fraction of sp³-hybridized carbons (Fsp3) is 0.667. The Morgan fingerprint density at radius 2 is 1.70 bits per heavy atom. The number of amides is 2. The van der Waals surface area contributed by atoms with Gasteiger partial charge < -0.3 is 15.7 Å². The van der Waals surface area contributed by atoms with Crippen molar-refractivity contribution in [2.24, 2.45) is 16.7 Å². The Labute approximate surface area is 186 Å². The van der Waals surface area contributed by atoms with Crippen LogP contribution in [0.15, 0.2) is 24.3 Å². The Morgan fingerprint density at radius 3 is 2.17 bits per heavy atom. The van der Waals surface area contributed by atoms with E-state index in [1.165, 1.54) is 5.56 Å². The lowest BCUT2D eigenvalue weighted by atomic mass is 9.70. The number of piperidine rings is 1. The number of nitrogens with zero attached hydrogens (tertiary/aromatic N) is 1. The predicted molar refractivity (Wildman–Crippen MR) is 124 cm³/mol. The minimum atomic E-state index is -0.451. The van der Waals surface area contributed by atoms with E-state index >= 15 is 0 Å². The van der Waals surface area contributed by atoms with Crippen molar-refractivity contribution < 1.29 is 15.1 Å². The molecule has 1 aliphatic carbocycles. The van der Waals surface area contributed by atoms with Crippen LogP contribution in [-0.2, 0) is 9.59 Å². The molecule has 1 aromatic rings. The van der Waals surface area contributed by atoms with Crippen LogP contribution in [0.3, 0.4) is 0 Å². The van der Waals surface area contributed by atoms with Gasteiger partial charge >= 0.3 is 0 Å². The van der Waals surface area contributed by atoms with Crippen LogP contribution >= 0.6 is 11.6 Å². The largest absolute Gasteiger partial charge is 0.412 e. The zero-order chi connectivity index (χ0) is 20.7. The van der Waals surface area contributed by atoms with Gasteiger partial charge in [-0.25, -0.2) is 0 Å². The maximum atomic E-state index is 13.3. The lowest BCUT2D eigenvalue weighted by molar-refractivity contribution is -0.141. The molecule has 0 spiro atoms. The van der Waals surface area contributed by atoms with Gasteiger partial charge in [-0.05, 0) is 54.2 Å². The maximum absolute atomic E-state index is 13.3. The van der Waals surface area contributed by atoms with Crippen LogP contribution in [0.2, 0.25) is 5.02 Å². The van der Waals surface area contributed by atoms with Gasteiger partial charge in [-0.15, -0.1) is 0 Å². The number of halogens is 1. The summed E-state index contributed by atoms with van der Waals surface area (Å²) < 4.78 is 0. The van der Waals surface area contributed by atoms with Gasteiger partial charge in [0.25, 0.3) is 0 Å². The van der Waals surface area contributed by atoms with E-state index in [-0.39, 0.29) is 41.5 Å². The first-order valence-electron chi connectivity index (χ1n) is 10.4. The number of carbonyl (C=O) groups excluding carboxylic acids is 2. The van der Waals surface area contributed by atoms with E-state index in [2.05, 4.69) is 31.3 Å². The van der Waals surface area contributed by atoms with Crippen LogP contribution in [0, 0.1) is 16.7 Å². The second kappa shape index (κ2) is 9.69. The highest BCUT2D eigenvalue weighted by atomic mass is 35.5. The molecule has 6 heteroatoms. The van der Waals surface area contributed by atoms with Crippen LogP contribution < -0.4 is 5.32 Å². The molecule has 3 rings (SSSR count). The number of rotatable bonds is 5. The number of hydrogen-bond donors (Lipinski definition) is 1. The number of carbonyl (C=O) groups is 2. The van der Waals surface area contributed by atoms with Gasteiger partial charge in [0.05, 0.1) is 0 Å². The van der Waals surface area contributed by atoms with E-state index in [0.717, 1.165) is 24.3 Å². The molecular formula is C24H39ClN2O3. The standard InChI is InChI=1S/C23H33ClN2O2.CH4.H2O/c1-15(2)19(25-21(28)23(5)11-12-23)20(27)26-13-10-18(22(3,4)14-26)16-6-8-17(24)9-7-16;;/h6-9,15,18-19H,10-14H2,1-5H3,(H,25,28);1H4;1H2/t18-,19-;;/m1../s1. The Balaban J connectivity index is 0.00000225. The van der Waals surface area contributed by atoms with Crippen molar-refractivity contribution in [1.29, 1.82) is 0 Å². The molecule has 1 heterocycles. The highest BCUT2D eigenvalue weighted by molar-refractivity contribution is 6.30. The third kappa shape index (κ3) is 5.55. The highest BCUT2D eigenvalue weighted by Crippen LogP contribution is 2.45. The number of hydrogen-bond acceptors (Lipinski definition) is 2. The summed E-state index contributed by atoms with van der Waals surface area (Å²) in [5, 5.41) is 3.79. The van der Waals surface area contributed by atoms with Crippen molar-refractivity contribution in [2.45, 2.75) is 73.3 Å². The van der Waals surface area contributed by atoms with Crippen molar-refractivity contribution in [1.82, 2.24) is 10.2 Å². The van der Waals surface area contributed by atoms with E-state index in [1.807, 2.05) is 37.8 Å². The molecule has 1 saturated carbocycles. The van der Waals surface area contributed by atoms with Crippen LogP contribution in [0.5, 0.6) is 0 Å². The topological polar surface area (TPSA) is 80.9 Å². The molecule has 0 unspecified atom stereocenters. The van der Waals surface area contributed by atoms with E-state index in [0.29, 0.717) is 19.0 Å². The summed E-state index contributed by atoms with van der Waals surface area (Å²) in [5.41, 5.74) is 0.959. The average molecular weight is 439 g/mol. The highest BCUT2D eigenvalue weighted by Gasteiger charge is 2.47. The molecule has 0 bridgehead atoms. The third-order valence-corrected chi connectivity index (χ3v) is 6.83. The van der Waals surface area contributed by atoms with E-state index < -0.39 is 6.04 Å². The molecule has 2 amide bonds. The molecule has 1 aliphatic heterocycles. The summed E-state index contributed by atoms with van der Waals surface area (Å²) in [6.07, 6.45) is 2.74. The normalized spacial score (nSPS) is 22.4. The van der Waals surface area contributed by atoms with Crippen LogP contribution in [0.25, 0.3) is 0 Å². The second-order valence-electron chi connectivity index (χ2n) is 9.90. The van der Waals surface area contributed by atoms with Gasteiger partial charge in [-0.1, -0.05) is 65.8 Å². The van der Waals surface area contributed by atoms with E-state index in [1.54, 1.807) is 0 Å². The molecule has 1 saturated heterocycles. The molecule has 2 fully saturated rings. The zero-order valence-corrected chi connectivity index (χ0v) is 19.0. The van der Waals surface area contributed by atoms with Gasteiger partial charge in [0.1, 0.15) is 6.04 Å². The van der Waals surface area contributed by atoms with Crippen LogP contribution in [0.4, 0.5) is 0 Å². The van der Waals surface area contributed by atoms with Gasteiger partial charge in [0, 0.05) is 23.5 Å². The van der Waals surface area contributed by atoms with Crippen molar-refractivity contribution >= 4 is 23.4 Å². The first-order chi connectivity index (χ1) is 13.0. The van der Waals surface area contributed by atoms with Gasteiger partial charge in [-0.2, -0.15) is 0 Å². The van der Waals surface area contributed by atoms with Crippen LogP contribution in [0.1, 0.15) is 72.8 Å². The number of benzene rings is 1. The quantitative estimate of drug-likeness (QED) is 0.737. The first kappa shape index (κ1) is 26.4. The van der Waals surface area contributed by atoms with Crippen molar-refractivity contribution in [3.05, 3.63) is 34.9 Å². The lowest BCUT2D eigenvalue weighted by Gasteiger charge is -2.46. The molecule has 170 valence electrons. The SMILES string of the molecule is C.CC(C)[C@@H](NC(=O)C1(C)CC1)C(=O)N1CC[C@H](c2ccc(Cl)cc2)C(C)(C)C1.O. The first-order valence-corrected chi connectivity index (χ1v) is 10.8. The van der Waals surface area contributed by atoms with E-state index in [4.69, 9.17) is 11.6 Å². The molecule has 0 radical (unpaired) electrons. The summed E-state index contributed by atoms with van der Waals surface area (Å²) in [7, 11) is 0. The smallest absolute Gasteiger partial charge is 0.245 e. The Morgan fingerprint density at radius 1 is 1.13 bits per heavy atom. The average Bonchev–Trinajstić information content (AvgIpc) is 3.37. The molecule has 5 nitrogen and oxygen atoms in total. The summed E-state index contributed by atoms with van der Waals surface area (Å²) in [5.74, 6) is 0.521. The Kier molecular flexibility index (Phi) is 8.54. The molecule has 3 N–H and O–H groups in total. The summed E-state index contributed by atoms with van der Waals surface area (Å²) in [6, 6.07) is 7.62. The fourth-order valence-electron chi connectivity index (χ4n) is 4.30. The fourth-order valence-corrected chi connectivity index (χ4v) is 4.42. The van der Waals surface area contributed by atoms with E-state index in [9.17, 15) is 9.59 Å². The zero-order valence-electron chi connectivity index (χ0n) is 18.2. The lowest BCUT2D eigenvalue weighted by Crippen LogP contribution is -2.56. The van der Waals surface area contributed by atoms with Crippen molar-refractivity contribution in [2.75, 3.05) is 13.1 Å². The minimum absolute atomic E-state index is 0. The van der Waals surface area contributed by atoms with Crippen molar-refractivity contribution in [3.8, 4) is 0 Å². The molecular weight excluding hydrogens is 400 g/mol. The Hall–Kier alpha value is -1.59.